The van der Waals surface area contributed by atoms with E-state index < -0.39 is 0 Å². The van der Waals surface area contributed by atoms with E-state index in [1.165, 1.54) is 12.1 Å². The lowest BCUT2D eigenvalue weighted by atomic mass is 10.1. The summed E-state index contributed by atoms with van der Waals surface area (Å²) in [6.45, 7) is 2.45. The lowest BCUT2D eigenvalue weighted by Crippen LogP contribution is -2.01. The molecule has 0 saturated heterocycles. The number of halogens is 2. The molecule has 0 aromatic heterocycles. The van der Waals surface area contributed by atoms with Gasteiger partial charge in [0, 0.05) is 16.1 Å². The van der Waals surface area contributed by atoms with Crippen molar-refractivity contribution in [2.45, 2.75) is 13.5 Å². The molecule has 0 amide bonds. The summed E-state index contributed by atoms with van der Waals surface area (Å²) in [4.78, 5) is 0. The molecule has 0 unspecified atom stereocenters. The first-order chi connectivity index (χ1) is 10.1. The Morgan fingerprint density at radius 2 is 2.05 bits per heavy atom. The van der Waals surface area contributed by atoms with Gasteiger partial charge in [0.15, 0.2) is 0 Å². The van der Waals surface area contributed by atoms with Crippen LogP contribution in [-0.4, -0.2) is 6.54 Å². The molecule has 0 fully saturated rings. The highest BCUT2D eigenvalue weighted by molar-refractivity contribution is 6.30. The van der Waals surface area contributed by atoms with Gasteiger partial charge in [-0.25, -0.2) is 4.39 Å². The van der Waals surface area contributed by atoms with Crippen LogP contribution in [0.1, 0.15) is 16.7 Å². The van der Waals surface area contributed by atoms with Crippen molar-refractivity contribution >= 4 is 11.6 Å². The van der Waals surface area contributed by atoms with E-state index in [4.69, 9.17) is 22.1 Å². The van der Waals surface area contributed by atoms with Crippen molar-refractivity contribution in [1.29, 1.82) is 0 Å². The lowest BCUT2D eigenvalue weighted by molar-refractivity contribution is 0.303. The molecule has 0 aliphatic heterocycles. The van der Waals surface area contributed by atoms with Crippen LogP contribution in [0.4, 0.5) is 4.39 Å². The van der Waals surface area contributed by atoms with Gasteiger partial charge in [0.1, 0.15) is 18.2 Å². The van der Waals surface area contributed by atoms with Gasteiger partial charge in [0.2, 0.25) is 0 Å². The van der Waals surface area contributed by atoms with Crippen LogP contribution in [-0.2, 0) is 6.61 Å². The number of ether oxygens (including phenoxy) is 1. The fraction of sp³-hybridized carbons (Fsp3) is 0.176. The SMILES string of the molecule is Cc1cc(Cl)ccc1OCc1ccc(F)cc1C#CCN. The molecule has 4 heteroatoms. The Kier molecular flexibility index (Phi) is 5.21. The third-order valence-corrected chi connectivity index (χ3v) is 3.15. The Bertz CT molecular complexity index is 704. The Balaban J connectivity index is 2.19. The zero-order valence-corrected chi connectivity index (χ0v) is 12.4. The third-order valence-electron chi connectivity index (χ3n) is 2.92. The standard InChI is InChI=1S/C17H15ClFNO/c1-12-9-15(18)5-7-17(12)21-11-14-4-6-16(19)10-13(14)3-2-8-20/h4-7,9-10H,8,11,20H2,1H3. The molecular formula is C17H15ClFNO. The molecule has 0 bridgehead atoms. The van der Waals surface area contributed by atoms with E-state index in [0.717, 1.165) is 16.9 Å². The number of hydrogen-bond donors (Lipinski definition) is 1. The molecule has 108 valence electrons. The smallest absolute Gasteiger partial charge is 0.124 e. The second kappa shape index (κ2) is 7.12. The Morgan fingerprint density at radius 3 is 2.76 bits per heavy atom. The molecule has 2 aromatic carbocycles. The van der Waals surface area contributed by atoms with E-state index in [1.807, 2.05) is 19.1 Å². The quantitative estimate of drug-likeness (QED) is 0.878. The molecule has 0 aliphatic carbocycles. The fourth-order valence-corrected chi connectivity index (χ4v) is 2.09. The van der Waals surface area contributed by atoms with E-state index in [-0.39, 0.29) is 12.4 Å². The summed E-state index contributed by atoms with van der Waals surface area (Å²) in [7, 11) is 0. The predicted molar refractivity (Wildman–Crippen MR) is 82.9 cm³/mol. The number of benzene rings is 2. The molecule has 0 aliphatic rings. The molecule has 0 saturated carbocycles. The zero-order chi connectivity index (χ0) is 15.2. The van der Waals surface area contributed by atoms with E-state index in [2.05, 4.69) is 11.8 Å². The largest absolute Gasteiger partial charge is 0.489 e. The molecule has 2 rings (SSSR count). The number of hydrogen-bond acceptors (Lipinski definition) is 2. The summed E-state index contributed by atoms with van der Waals surface area (Å²) in [6, 6.07) is 9.85. The van der Waals surface area contributed by atoms with Crippen molar-refractivity contribution in [2.24, 2.45) is 5.73 Å². The predicted octanol–water partition coefficient (Wildman–Crippen LogP) is 3.68. The molecular weight excluding hydrogens is 289 g/mol. The molecule has 21 heavy (non-hydrogen) atoms. The summed E-state index contributed by atoms with van der Waals surface area (Å²) >= 11 is 5.91. The summed E-state index contributed by atoms with van der Waals surface area (Å²) in [5.41, 5.74) is 7.70. The van der Waals surface area contributed by atoms with Crippen molar-refractivity contribution in [3.05, 3.63) is 63.9 Å². The molecule has 0 atom stereocenters. The Morgan fingerprint density at radius 1 is 1.24 bits per heavy atom. The molecule has 0 spiro atoms. The zero-order valence-electron chi connectivity index (χ0n) is 11.6. The highest BCUT2D eigenvalue weighted by Gasteiger charge is 2.05. The second-order valence-corrected chi connectivity index (χ2v) is 4.94. The minimum atomic E-state index is -0.331. The fourth-order valence-electron chi connectivity index (χ4n) is 1.87. The average molecular weight is 304 g/mol. The summed E-state index contributed by atoms with van der Waals surface area (Å²) < 4.78 is 19.0. The third kappa shape index (κ3) is 4.22. The van der Waals surface area contributed by atoms with Crippen LogP contribution < -0.4 is 10.5 Å². The van der Waals surface area contributed by atoms with Gasteiger partial charge in [-0.05, 0) is 42.8 Å². The van der Waals surface area contributed by atoms with Gasteiger partial charge in [0.25, 0.3) is 0 Å². The molecule has 2 N–H and O–H groups in total. The lowest BCUT2D eigenvalue weighted by Gasteiger charge is -2.11. The maximum Gasteiger partial charge on any atom is 0.124 e. The van der Waals surface area contributed by atoms with E-state index in [9.17, 15) is 4.39 Å². The van der Waals surface area contributed by atoms with Crippen LogP contribution in [0.5, 0.6) is 5.75 Å². The van der Waals surface area contributed by atoms with Crippen LogP contribution in [0.3, 0.4) is 0 Å². The summed E-state index contributed by atoms with van der Waals surface area (Å²) in [6.07, 6.45) is 0. The van der Waals surface area contributed by atoms with Crippen molar-refractivity contribution in [2.75, 3.05) is 6.54 Å². The average Bonchev–Trinajstić information content (AvgIpc) is 2.45. The first-order valence-electron chi connectivity index (χ1n) is 6.46. The molecule has 2 aromatic rings. The van der Waals surface area contributed by atoms with Crippen LogP contribution >= 0.6 is 11.6 Å². The normalized spacial score (nSPS) is 9.90. The van der Waals surface area contributed by atoms with E-state index in [0.29, 0.717) is 17.2 Å². The van der Waals surface area contributed by atoms with Crippen LogP contribution in [0.2, 0.25) is 5.02 Å². The van der Waals surface area contributed by atoms with Gasteiger partial charge >= 0.3 is 0 Å². The van der Waals surface area contributed by atoms with Crippen molar-refractivity contribution in [3.8, 4) is 17.6 Å². The van der Waals surface area contributed by atoms with Crippen LogP contribution in [0.15, 0.2) is 36.4 Å². The maximum atomic E-state index is 13.3. The maximum absolute atomic E-state index is 13.3. The molecule has 0 heterocycles. The van der Waals surface area contributed by atoms with Gasteiger partial charge in [-0.3, -0.25) is 0 Å². The van der Waals surface area contributed by atoms with Crippen molar-refractivity contribution < 1.29 is 9.13 Å². The van der Waals surface area contributed by atoms with E-state index in [1.54, 1.807) is 12.1 Å². The molecule has 0 radical (unpaired) electrons. The van der Waals surface area contributed by atoms with Gasteiger partial charge < -0.3 is 10.5 Å². The summed E-state index contributed by atoms with van der Waals surface area (Å²) in [5, 5.41) is 0.663. The topological polar surface area (TPSA) is 35.2 Å². The highest BCUT2D eigenvalue weighted by Crippen LogP contribution is 2.23. The van der Waals surface area contributed by atoms with Gasteiger partial charge in [-0.15, -0.1) is 0 Å². The summed E-state index contributed by atoms with van der Waals surface area (Å²) in [5.74, 6) is 5.99. The minimum absolute atomic E-state index is 0.229. The van der Waals surface area contributed by atoms with Crippen LogP contribution in [0, 0.1) is 24.6 Å². The monoisotopic (exact) mass is 303 g/mol. The number of rotatable bonds is 3. The van der Waals surface area contributed by atoms with E-state index >= 15 is 0 Å². The first-order valence-corrected chi connectivity index (χ1v) is 6.84. The molecule has 2 nitrogen and oxygen atoms in total. The van der Waals surface area contributed by atoms with Gasteiger partial charge in [-0.2, -0.15) is 0 Å². The second-order valence-electron chi connectivity index (χ2n) is 4.51. The Hall–Kier alpha value is -2.02. The van der Waals surface area contributed by atoms with Gasteiger partial charge in [0.05, 0.1) is 6.54 Å². The van der Waals surface area contributed by atoms with Crippen LogP contribution in [0.25, 0.3) is 0 Å². The first kappa shape index (κ1) is 15.4. The van der Waals surface area contributed by atoms with Crippen molar-refractivity contribution in [1.82, 2.24) is 0 Å². The highest BCUT2D eigenvalue weighted by atomic mass is 35.5. The Labute approximate surface area is 128 Å². The van der Waals surface area contributed by atoms with Gasteiger partial charge in [-0.1, -0.05) is 29.5 Å². The number of nitrogens with two attached hydrogens (primary N) is 1. The van der Waals surface area contributed by atoms with Crippen molar-refractivity contribution in [3.63, 3.8) is 0 Å². The minimum Gasteiger partial charge on any atom is -0.489 e. The number of aryl methyl sites for hydroxylation is 1.